The molecule has 1 atom stereocenters. The number of hydrogen-bond acceptors (Lipinski definition) is 2. The lowest BCUT2D eigenvalue weighted by Gasteiger charge is -2.21. The maximum atomic E-state index is 5.69. The zero-order chi connectivity index (χ0) is 10.6. The maximum absolute atomic E-state index is 5.69. The van der Waals surface area contributed by atoms with Crippen molar-refractivity contribution in [2.75, 3.05) is 11.9 Å². The fourth-order valence-corrected chi connectivity index (χ4v) is 1.69. The predicted molar refractivity (Wildman–Crippen MR) is 65.4 cm³/mol. The third-order valence-electron chi connectivity index (χ3n) is 2.24. The van der Waals surface area contributed by atoms with E-state index in [1.807, 2.05) is 12.1 Å². The Morgan fingerprint density at radius 2 is 2.14 bits per heavy atom. The van der Waals surface area contributed by atoms with Crippen LogP contribution in [-0.4, -0.2) is 12.6 Å². The highest BCUT2D eigenvalue weighted by Gasteiger charge is 2.10. The topological polar surface area (TPSA) is 38.0 Å². The Hall–Kier alpha value is -0.540. The molecule has 3 heteroatoms. The van der Waals surface area contributed by atoms with E-state index in [2.05, 4.69) is 47.2 Å². The quantitative estimate of drug-likeness (QED) is 0.870. The number of halogens is 1. The summed E-state index contributed by atoms with van der Waals surface area (Å²) in [5, 5.41) is 3.41. The fourth-order valence-electron chi connectivity index (χ4n) is 1.29. The van der Waals surface area contributed by atoms with Crippen LogP contribution in [0.3, 0.4) is 0 Å². The molecule has 0 radical (unpaired) electrons. The fraction of sp³-hybridized carbons (Fsp3) is 0.455. The second kappa shape index (κ2) is 5.37. The molecular weight excluding hydrogens is 240 g/mol. The lowest BCUT2D eigenvalue weighted by Crippen LogP contribution is -2.33. The van der Waals surface area contributed by atoms with Gasteiger partial charge in [0.25, 0.3) is 0 Å². The molecule has 0 heterocycles. The van der Waals surface area contributed by atoms with Gasteiger partial charge in [0.05, 0.1) is 0 Å². The molecule has 1 unspecified atom stereocenters. The normalized spacial score (nSPS) is 12.9. The summed E-state index contributed by atoms with van der Waals surface area (Å²) in [7, 11) is 0. The van der Waals surface area contributed by atoms with Gasteiger partial charge in [-0.3, -0.25) is 0 Å². The van der Waals surface area contributed by atoms with E-state index in [0.717, 1.165) is 10.2 Å². The molecule has 0 aromatic heterocycles. The van der Waals surface area contributed by atoms with Gasteiger partial charge in [-0.15, -0.1) is 0 Å². The van der Waals surface area contributed by atoms with E-state index in [9.17, 15) is 0 Å². The highest BCUT2D eigenvalue weighted by atomic mass is 79.9. The van der Waals surface area contributed by atoms with Crippen LogP contribution in [-0.2, 0) is 0 Å². The SMILES string of the molecule is CC(C)C(CN)Nc1cccc(Br)c1. The Morgan fingerprint density at radius 1 is 1.43 bits per heavy atom. The minimum absolute atomic E-state index is 0.337. The Morgan fingerprint density at radius 3 is 2.64 bits per heavy atom. The molecule has 78 valence electrons. The van der Waals surface area contributed by atoms with Crippen molar-refractivity contribution in [2.24, 2.45) is 11.7 Å². The monoisotopic (exact) mass is 256 g/mol. The molecule has 0 bridgehead atoms. The number of nitrogens with one attached hydrogen (secondary N) is 1. The Kier molecular flexibility index (Phi) is 4.42. The molecule has 14 heavy (non-hydrogen) atoms. The van der Waals surface area contributed by atoms with Crippen LogP contribution in [0.5, 0.6) is 0 Å². The van der Waals surface area contributed by atoms with Gasteiger partial charge in [0.1, 0.15) is 0 Å². The summed E-state index contributed by atoms with van der Waals surface area (Å²) in [5.41, 5.74) is 6.80. The van der Waals surface area contributed by atoms with Crippen molar-refractivity contribution in [1.82, 2.24) is 0 Å². The van der Waals surface area contributed by atoms with Gasteiger partial charge in [-0.05, 0) is 24.1 Å². The van der Waals surface area contributed by atoms with Crippen molar-refractivity contribution >= 4 is 21.6 Å². The van der Waals surface area contributed by atoms with Gasteiger partial charge in [-0.1, -0.05) is 35.8 Å². The van der Waals surface area contributed by atoms with E-state index in [0.29, 0.717) is 18.5 Å². The molecule has 0 aliphatic carbocycles. The smallest absolute Gasteiger partial charge is 0.0406 e. The summed E-state index contributed by atoms with van der Waals surface area (Å²) in [6.45, 7) is 5.00. The number of benzene rings is 1. The average molecular weight is 257 g/mol. The first-order valence-corrected chi connectivity index (χ1v) is 5.65. The first kappa shape index (κ1) is 11.5. The summed E-state index contributed by atoms with van der Waals surface area (Å²) in [6, 6.07) is 8.48. The van der Waals surface area contributed by atoms with Crippen LogP contribution in [0.1, 0.15) is 13.8 Å². The molecule has 0 saturated heterocycles. The summed E-state index contributed by atoms with van der Waals surface area (Å²) < 4.78 is 1.09. The van der Waals surface area contributed by atoms with E-state index < -0.39 is 0 Å². The van der Waals surface area contributed by atoms with Gasteiger partial charge >= 0.3 is 0 Å². The molecule has 1 aromatic carbocycles. The van der Waals surface area contributed by atoms with E-state index in [4.69, 9.17) is 5.73 Å². The zero-order valence-corrected chi connectivity index (χ0v) is 10.2. The van der Waals surface area contributed by atoms with Crippen molar-refractivity contribution in [1.29, 1.82) is 0 Å². The second-order valence-electron chi connectivity index (χ2n) is 3.74. The Bertz CT molecular complexity index is 286. The van der Waals surface area contributed by atoms with Crippen molar-refractivity contribution < 1.29 is 0 Å². The predicted octanol–water partition coefficient (Wildman–Crippen LogP) is 2.84. The van der Waals surface area contributed by atoms with Crippen LogP contribution in [0.4, 0.5) is 5.69 Å². The molecule has 0 aliphatic heterocycles. The molecule has 1 aromatic rings. The summed E-state index contributed by atoms with van der Waals surface area (Å²) in [6.07, 6.45) is 0. The molecule has 2 nitrogen and oxygen atoms in total. The van der Waals surface area contributed by atoms with Crippen LogP contribution in [0.25, 0.3) is 0 Å². The molecule has 0 aliphatic rings. The maximum Gasteiger partial charge on any atom is 0.0406 e. The van der Waals surface area contributed by atoms with E-state index in [1.165, 1.54) is 0 Å². The van der Waals surface area contributed by atoms with Crippen molar-refractivity contribution in [3.63, 3.8) is 0 Å². The van der Waals surface area contributed by atoms with Gasteiger partial charge in [0.2, 0.25) is 0 Å². The molecule has 0 spiro atoms. The minimum Gasteiger partial charge on any atom is -0.381 e. The van der Waals surface area contributed by atoms with Gasteiger partial charge in [0.15, 0.2) is 0 Å². The van der Waals surface area contributed by atoms with Gasteiger partial charge in [-0.25, -0.2) is 0 Å². The molecule has 0 saturated carbocycles. The Balaban J connectivity index is 2.67. The second-order valence-corrected chi connectivity index (χ2v) is 4.66. The molecular formula is C11H17BrN2. The number of rotatable bonds is 4. The van der Waals surface area contributed by atoms with Crippen molar-refractivity contribution in [3.8, 4) is 0 Å². The molecule has 3 N–H and O–H groups in total. The summed E-state index contributed by atoms with van der Waals surface area (Å²) in [5.74, 6) is 0.541. The highest BCUT2D eigenvalue weighted by molar-refractivity contribution is 9.10. The van der Waals surface area contributed by atoms with Gasteiger partial charge in [-0.2, -0.15) is 0 Å². The van der Waals surface area contributed by atoms with Gasteiger partial charge < -0.3 is 11.1 Å². The standard InChI is InChI=1S/C11H17BrN2/c1-8(2)11(7-13)14-10-5-3-4-9(12)6-10/h3-6,8,11,14H,7,13H2,1-2H3. The molecule has 0 amide bonds. The first-order valence-electron chi connectivity index (χ1n) is 4.85. The minimum atomic E-state index is 0.337. The van der Waals surface area contributed by atoms with Crippen LogP contribution in [0.2, 0.25) is 0 Å². The molecule has 0 fully saturated rings. The largest absolute Gasteiger partial charge is 0.381 e. The number of anilines is 1. The number of hydrogen-bond donors (Lipinski definition) is 2. The third kappa shape index (κ3) is 3.31. The summed E-state index contributed by atoms with van der Waals surface area (Å²) >= 11 is 3.44. The van der Waals surface area contributed by atoms with Crippen LogP contribution < -0.4 is 11.1 Å². The van der Waals surface area contributed by atoms with Crippen LogP contribution >= 0.6 is 15.9 Å². The zero-order valence-electron chi connectivity index (χ0n) is 8.63. The van der Waals surface area contributed by atoms with Crippen molar-refractivity contribution in [2.45, 2.75) is 19.9 Å². The van der Waals surface area contributed by atoms with E-state index >= 15 is 0 Å². The van der Waals surface area contributed by atoms with E-state index in [1.54, 1.807) is 0 Å². The lowest BCUT2D eigenvalue weighted by molar-refractivity contribution is 0.531. The summed E-state index contributed by atoms with van der Waals surface area (Å²) in [4.78, 5) is 0. The average Bonchev–Trinajstić information content (AvgIpc) is 2.14. The first-order chi connectivity index (χ1) is 6.63. The van der Waals surface area contributed by atoms with Crippen LogP contribution in [0, 0.1) is 5.92 Å². The van der Waals surface area contributed by atoms with Crippen LogP contribution in [0.15, 0.2) is 28.7 Å². The lowest BCUT2D eigenvalue weighted by atomic mass is 10.0. The number of nitrogens with two attached hydrogens (primary N) is 1. The third-order valence-corrected chi connectivity index (χ3v) is 2.73. The highest BCUT2D eigenvalue weighted by Crippen LogP contribution is 2.17. The van der Waals surface area contributed by atoms with Crippen molar-refractivity contribution in [3.05, 3.63) is 28.7 Å². The molecule has 1 rings (SSSR count). The van der Waals surface area contributed by atoms with Gasteiger partial charge in [0, 0.05) is 22.7 Å². The van der Waals surface area contributed by atoms with E-state index in [-0.39, 0.29) is 0 Å². The Labute approximate surface area is 94.0 Å².